The minimum absolute atomic E-state index is 0.190. The van der Waals surface area contributed by atoms with E-state index in [0.29, 0.717) is 21.2 Å². The summed E-state index contributed by atoms with van der Waals surface area (Å²) < 4.78 is 2.07. The Kier molecular flexibility index (Phi) is 2.62. The fourth-order valence-corrected chi connectivity index (χ4v) is 1.72. The number of aromatic nitrogens is 3. The number of carbonyl (C=O) groups excluding carboxylic acids is 1. The zero-order chi connectivity index (χ0) is 11.0. The number of nitrogens with one attached hydrogen (secondary N) is 1. The number of anilines is 1. The number of rotatable bonds is 1. The van der Waals surface area contributed by atoms with Gasteiger partial charge in [-0.3, -0.25) is 4.79 Å². The molecule has 0 atom stereocenters. The highest BCUT2D eigenvalue weighted by Crippen LogP contribution is 2.23. The van der Waals surface area contributed by atoms with Gasteiger partial charge in [-0.2, -0.15) is 5.10 Å². The predicted octanol–water partition coefficient (Wildman–Crippen LogP) is 2.10. The topological polar surface area (TPSA) is 59.3 Å². The van der Waals surface area contributed by atoms with Crippen LogP contribution in [0.2, 0.25) is 5.15 Å². The van der Waals surface area contributed by atoms with Crippen molar-refractivity contribution in [1.29, 1.82) is 0 Å². The van der Waals surface area contributed by atoms with Gasteiger partial charge in [-0.25, -0.2) is 9.50 Å². The zero-order valence-corrected chi connectivity index (χ0v) is 10.0. The first kappa shape index (κ1) is 10.4. The van der Waals surface area contributed by atoms with Crippen LogP contribution in [-0.4, -0.2) is 20.5 Å². The fraction of sp³-hybridized carbons (Fsp3) is 0.125. The van der Waals surface area contributed by atoms with E-state index < -0.39 is 0 Å². The smallest absolute Gasteiger partial charge is 0.222 e. The van der Waals surface area contributed by atoms with Gasteiger partial charge in [0.15, 0.2) is 16.1 Å². The van der Waals surface area contributed by atoms with E-state index in [0.717, 1.165) is 0 Å². The number of halogens is 2. The summed E-state index contributed by atoms with van der Waals surface area (Å²) in [6, 6.07) is 3.35. The number of hydrogen-bond acceptors (Lipinski definition) is 3. The van der Waals surface area contributed by atoms with Crippen LogP contribution < -0.4 is 5.32 Å². The Labute approximate surface area is 98.6 Å². The zero-order valence-electron chi connectivity index (χ0n) is 7.66. The van der Waals surface area contributed by atoms with Crippen LogP contribution >= 0.6 is 27.5 Å². The maximum absolute atomic E-state index is 10.9. The van der Waals surface area contributed by atoms with Crippen molar-refractivity contribution in [2.24, 2.45) is 0 Å². The quantitative estimate of drug-likeness (QED) is 0.874. The molecule has 0 aliphatic heterocycles. The molecule has 1 N–H and O–H groups in total. The van der Waals surface area contributed by atoms with E-state index in [1.165, 1.54) is 11.4 Å². The molecule has 2 aromatic rings. The Morgan fingerprint density at radius 1 is 1.60 bits per heavy atom. The van der Waals surface area contributed by atoms with Crippen LogP contribution in [-0.2, 0) is 4.79 Å². The molecule has 0 aromatic carbocycles. The molecule has 1 amide bonds. The van der Waals surface area contributed by atoms with Gasteiger partial charge in [-0.05, 0) is 28.1 Å². The Hall–Kier alpha value is -1.14. The van der Waals surface area contributed by atoms with Crippen LogP contribution in [0.4, 0.5) is 5.82 Å². The van der Waals surface area contributed by atoms with Crippen LogP contribution in [0.25, 0.3) is 5.65 Å². The highest BCUT2D eigenvalue weighted by atomic mass is 79.9. The van der Waals surface area contributed by atoms with E-state index >= 15 is 0 Å². The average Bonchev–Trinajstić information content (AvgIpc) is 2.44. The van der Waals surface area contributed by atoms with E-state index in [2.05, 4.69) is 31.3 Å². The molecule has 2 aromatic heterocycles. The lowest BCUT2D eigenvalue weighted by molar-refractivity contribution is -0.114. The van der Waals surface area contributed by atoms with Crippen LogP contribution in [0.3, 0.4) is 0 Å². The van der Waals surface area contributed by atoms with Crippen LogP contribution in [0.15, 0.2) is 16.7 Å². The third-order valence-corrected chi connectivity index (χ3v) is 2.60. The number of nitrogens with zero attached hydrogens (tertiary/aromatic N) is 3. The van der Waals surface area contributed by atoms with Crippen molar-refractivity contribution in [2.75, 3.05) is 5.32 Å². The summed E-state index contributed by atoms with van der Waals surface area (Å²) in [5, 5.41) is 6.96. The van der Waals surface area contributed by atoms with Crippen LogP contribution in [0.5, 0.6) is 0 Å². The first-order chi connectivity index (χ1) is 7.08. The standard InChI is InChI=1S/C8H6BrClN4O/c1-4(15)11-8-7(9)14-6(12-8)3-2-5(10)13-14/h2-3H,1H3,(H,11,15). The monoisotopic (exact) mass is 288 g/mol. The van der Waals surface area contributed by atoms with Gasteiger partial charge >= 0.3 is 0 Å². The number of hydrogen-bond donors (Lipinski definition) is 1. The van der Waals surface area contributed by atoms with Crippen molar-refractivity contribution in [2.45, 2.75) is 6.92 Å². The summed E-state index contributed by atoms with van der Waals surface area (Å²) in [4.78, 5) is 15.0. The first-order valence-corrected chi connectivity index (χ1v) is 5.23. The molecule has 2 heterocycles. The van der Waals surface area contributed by atoms with Gasteiger partial charge in [0, 0.05) is 6.92 Å². The number of carbonyl (C=O) groups is 1. The lowest BCUT2D eigenvalue weighted by Crippen LogP contribution is -2.06. The molecule has 0 bridgehead atoms. The van der Waals surface area contributed by atoms with Crippen molar-refractivity contribution in [3.63, 3.8) is 0 Å². The summed E-state index contributed by atoms with van der Waals surface area (Å²) in [6.07, 6.45) is 0. The highest BCUT2D eigenvalue weighted by Gasteiger charge is 2.11. The van der Waals surface area contributed by atoms with Gasteiger partial charge in [0.25, 0.3) is 0 Å². The van der Waals surface area contributed by atoms with Crippen molar-refractivity contribution in [3.05, 3.63) is 21.9 Å². The Morgan fingerprint density at radius 2 is 2.33 bits per heavy atom. The molecule has 0 aliphatic rings. The van der Waals surface area contributed by atoms with E-state index in [1.807, 2.05) is 0 Å². The molecule has 0 radical (unpaired) electrons. The molecule has 0 saturated heterocycles. The lowest BCUT2D eigenvalue weighted by Gasteiger charge is -1.96. The van der Waals surface area contributed by atoms with Gasteiger partial charge in [-0.1, -0.05) is 11.6 Å². The molecule has 0 saturated carbocycles. The Morgan fingerprint density at radius 3 is 3.00 bits per heavy atom. The van der Waals surface area contributed by atoms with Crippen molar-refractivity contribution < 1.29 is 4.79 Å². The van der Waals surface area contributed by atoms with Crippen molar-refractivity contribution >= 4 is 44.9 Å². The maximum Gasteiger partial charge on any atom is 0.222 e. The third kappa shape index (κ3) is 1.95. The molecule has 0 unspecified atom stereocenters. The van der Waals surface area contributed by atoms with Gasteiger partial charge in [-0.15, -0.1) is 0 Å². The minimum Gasteiger partial charge on any atom is -0.309 e. The summed E-state index contributed by atoms with van der Waals surface area (Å²) in [7, 11) is 0. The highest BCUT2D eigenvalue weighted by molar-refractivity contribution is 9.10. The number of fused-ring (bicyclic) bond motifs is 1. The van der Waals surface area contributed by atoms with Crippen LogP contribution in [0, 0.1) is 0 Å². The van der Waals surface area contributed by atoms with E-state index in [1.54, 1.807) is 12.1 Å². The molecule has 0 fully saturated rings. The van der Waals surface area contributed by atoms with E-state index in [9.17, 15) is 4.79 Å². The summed E-state index contributed by atoms with van der Waals surface area (Å²) in [5.41, 5.74) is 0.607. The van der Waals surface area contributed by atoms with Gasteiger partial charge in [0.2, 0.25) is 5.91 Å². The Bertz CT molecular complexity index is 539. The van der Waals surface area contributed by atoms with Gasteiger partial charge in [0.1, 0.15) is 5.15 Å². The second-order valence-electron chi connectivity index (χ2n) is 2.86. The summed E-state index contributed by atoms with van der Waals surface area (Å²) in [6.45, 7) is 1.41. The largest absolute Gasteiger partial charge is 0.309 e. The average molecular weight is 290 g/mol. The van der Waals surface area contributed by atoms with E-state index in [-0.39, 0.29) is 5.91 Å². The SMILES string of the molecule is CC(=O)Nc1nc2ccc(Cl)nn2c1Br. The Balaban J connectivity index is 2.59. The molecule has 78 valence electrons. The molecule has 5 nitrogen and oxygen atoms in total. The predicted molar refractivity (Wildman–Crippen MR) is 60.0 cm³/mol. The summed E-state index contributed by atoms with van der Waals surface area (Å²) >= 11 is 9.02. The van der Waals surface area contributed by atoms with E-state index in [4.69, 9.17) is 11.6 Å². The number of imidazole rings is 1. The second-order valence-corrected chi connectivity index (χ2v) is 4.00. The molecular formula is C8H6BrClN4O. The normalized spacial score (nSPS) is 10.6. The minimum atomic E-state index is -0.190. The van der Waals surface area contributed by atoms with Crippen molar-refractivity contribution in [1.82, 2.24) is 14.6 Å². The summed E-state index contributed by atoms with van der Waals surface area (Å²) in [5.74, 6) is 0.238. The molecule has 0 spiro atoms. The molecule has 7 heteroatoms. The number of amides is 1. The molecule has 0 aliphatic carbocycles. The third-order valence-electron chi connectivity index (χ3n) is 1.68. The van der Waals surface area contributed by atoms with Crippen molar-refractivity contribution in [3.8, 4) is 0 Å². The second kappa shape index (κ2) is 3.79. The molecular weight excluding hydrogens is 283 g/mol. The van der Waals surface area contributed by atoms with Crippen LogP contribution in [0.1, 0.15) is 6.92 Å². The first-order valence-electron chi connectivity index (χ1n) is 4.06. The lowest BCUT2D eigenvalue weighted by atomic mass is 10.6. The maximum atomic E-state index is 10.9. The fourth-order valence-electron chi connectivity index (χ4n) is 1.13. The molecule has 15 heavy (non-hydrogen) atoms. The van der Waals surface area contributed by atoms with Gasteiger partial charge in [0.05, 0.1) is 0 Å². The molecule has 2 rings (SSSR count). The van der Waals surface area contributed by atoms with Gasteiger partial charge < -0.3 is 5.32 Å².